The largest absolute Gasteiger partial charge is 0.324 e. The Morgan fingerprint density at radius 3 is 2.14 bits per heavy atom. The van der Waals surface area contributed by atoms with Crippen molar-refractivity contribution in [1.82, 2.24) is 4.72 Å². The van der Waals surface area contributed by atoms with Gasteiger partial charge in [0, 0.05) is 12.2 Å². The van der Waals surface area contributed by atoms with Crippen LogP contribution >= 0.6 is 12.4 Å². The van der Waals surface area contributed by atoms with E-state index in [1.807, 2.05) is 54.6 Å². The SMILES string of the molecule is Cl.NNc1ccc(CCS(=O)(=O)NCc2ccccc2)cc1. The van der Waals surface area contributed by atoms with Gasteiger partial charge in [-0.2, -0.15) is 0 Å². The predicted molar refractivity (Wildman–Crippen MR) is 92.3 cm³/mol. The fraction of sp³-hybridized carbons (Fsp3) is 0.200. The van der Waals surface area contributed by atoms with Gasteiger partial charge in [-0.1, -0.05) is 42.5 Å². The van der Waals surface area contributed by atoms with Crippen molar-refractivity contribution >= 4 is 28.1 Å². The van der Waals surface area contributed by atoms with Crippen LogP contribution in [0.2, 0.25) is 0 Å². The lowest BCUT2D eigenvalue weighted by atomic mass is 10.1. The second kappa shape index (κ2) is 8.75. The third-order valence-corrected chi connectivity index (χ3v) is 4.44. The van der Waals surface area contributed by atoms with Crippen molar-refractivity contribution in [2.24, 2.45) is 5.84 Å². The van der Waals surface area contributed by atoms with Gasteiger partial charge in [-0.3, -0.25) is 5.84 Å². The summed E-state index contributed by atoms with van der Waals surface area (Å²) >= 11 is 0. The van der Waals surface area contributed by atoms with E-state index in [2.05, 4.69) is 10.1 Å². The van der Waals surface area contributed by atoms with Gasteiger partial charge in [-0.15, -0.1) is 12.4 Å². The number of nitrogens with two attached hydrogens (primary N) is 1. The molecule has 0 atom stereocenters. The van der Waals surface area contributed by atoms with E-state index in [4.69, 9.17) is 5.84 Å². The van der Waals surface area contributed by atoms with Crippen LogP contribution in [-0.2, 0) is 23.0 Å². The Morgan fingerprint density at radius 2 is 1.55 bits per heavy atom. The lowest BCUT2D eigenvalue weighted by Gasteiger charge is -2.07. The molecule has 0 unspecified atom stereocenters. The molecule has 5 nitrogen and oxygen atoms in total. The Labute approximate surface area is 137 Å². The first-order chi connectivity index (χ1) is 10.1. The van der Waals surface area contributed by atoms with Gasteiger partial charge in [0.05, 0.1) is 5.75 Å². The molecule has 0 bridgehead atoms. The first kappa shape index (κ1) is 18.4. The summed E-state index contributed by atoms with van der Waals surface area (Å²) in [6.45, 7) is 0.319. The summed E-state index contributed by atoms with van der Waals surface area (Å²) in [6.07, 6.45) is 0.467. The zero-order valence-corrected chi connectivity index (χ0v) is 13.7. The summed E-state index contributed by atoms with van der Waals surface area (Å²) in [5, 5.41) is 0. The number of rotatable bonds is 7. The first-order valence-corrected chi connectivity index (χ1v) is 8.31. The summed E-state index contributed by atoms with van der Waals surface area (Å²) in [5.74, 6) is 5.35. The summed E-state index contributed by atoms with van der Waals surface area (Å²) in [4.78, 5) is 0. The molecule has 0 saturated heterocycles. The topological polar surface area (TPSA) is 84.2 Å². The van der Waals surface area contributed by atoms with Crippen LogP contribution in [0.5, 0.6) is 0 Å². The molecular weight excluding hydrogens is 322 g/mol. The molecule has 2 aromatic rings. The molecule has 120 valence electrons. The van der Waals surface area contributed by atoms with Crippen molar-refractivity contribution in [3.63, 3.8) is 0 Å². The number of aryl methyl sites for hydroxylation is 1. The van der Waals surface area contributed by atoms with E-state index in [0.717, 1.165) is 16.8 Å². The highest BCUT2D eigenvalue weighted by Gasteiger charge is 2.10. The third kappa shape index (κ3) is 6.03. The molecule has 0 heterocycles. The van der Waals surface area contributed by atoms with Crippen LogP contribution in [0.3, 0.4) is 0 Å². The Kier molecular flexibility index (Phi) is 7.34. The van der Waals surface area contributed by atoms with Crippen LogP contribution in [-0.4, -0.2) is 14.2 Å². The highest BCUT2D eigenvalue weighted by Crippen LogP contribution is 2.09. The van der Waals surface area contributed by atoms with Crippen LogP contribution in [0.4, 0.5) is 5.69 Å². The van der Waals surface area contributed by atoms with E-state index in [1.54, 1.807) is 0 Å². The molecule has 2 rings (SSSR count). The fourth-order valence-corrected chi connectivity index (χ4v) is 2.92. The van der Waals surface area contributed by atoms with E-state index < -0.39 is 10.0 Å². The number of hydrogen-bond acceptors (Lipinski definition) is 4. The van der Waals surface area contributed by atoms with E-state index >= 15 is 0 Å². The number of anilines is 1. The quantitative estimate of drug-likeness (QED) is 0.531. The summed E-state index contributed by atoms with van der Waals surface area (Å²) in [5.41, 5.74) is 5.23. The van der Waals surface area contributed by atoms with Crippen molar-refractivity contribution in [3.8, 4) is 0 Å². The van der Waals surface area contributed by atoms with E-state index in [-0.39, 0.29) is 18.2 Å². The van der Waals surface area contributed by atoms with Gasteiger partial charge in [0.1, 0.15) is 0 Å². The Bertz CT molecular complexity index is 661. The van der Waals surface area contributed by atoms with Crippen molar-refractivity contribution in [2.45, 2.75) is 13.0 Å². The maximum Gasteiger partial charge on any atom is 0.212 e. The van der Waals surface area contributed by atoms with Crippen molar-refractivity contribution in [3.05, 3.63) is 65.7 Å². The monoisotopic (exact) mass is 341 g/mol. The second-order valence-corrected chi connectivity index (χ2v) is 6.64. The number of nitrogens with one attached hydrogen (secondary N) is 2. The molecule has 0 spiro atoms. The second-order valence-electron chi connectivity index (χ2n) is 4.72. The molecule has 0 fully saturated rings. The molecule has 0 aliphatic heterocycles. The molecule has 0 aromatic heterocycles. The molecule has 0 aliphatic carbocycles. The zero-order valence-electron chi connectivity index (χ0n) is 12.0. The molecule has 4 N–H and O–H groups in total. The maximum atomic E-state index is 12.0. The molecule has 7 heteroatoms. The summed E-state index contributed by atoms with van der Waals surface area (Å²) in [7, 11) is -3.28. The molecule has 0 aliphatic rings. The van der Waals surface area contributed by atoms with Crippen LogP contribution in [0.15, 0.2) is 54.6 Å². The fourth-order valence-electron chi connectivity index (χ4n) is 1.88. The molecule has 22 heavy (non-hydrogen) atoms. The lowest BCUT2D eigenvalue weighted by molar-refractivity contribution is 0.580. The van der Waals surface area contributed by atoms with Gasteiger partial charge < -0.3 is 5.43 Å². The summed E-state index contributed by atoms with van der Waals surface area (Å²) in [6, 6.07) is 16.8. The van der Waals surface area contributed by atoms with Crippen LogP contribution < -0.4 is 16.0 Å². The van der Waals surface area contributed by atoms with Gasteiger partial charge in [0.25, 0.3) is 0 Å². The molecule has 0 saturated carbocycles. The number of halogens is 1. The average Bonchev–Trinajstić information content (AvgIpc) is 2.53. The zero-order chi connectivity index (χ0) is 15.1. The average molecular weight is 342 g/mol. The van der Waals surface area contributed by atoms with E-state index in [0.29, 0.717) is 13.0 Å². The smallest absolute Gasteiger partial charge is 0.212 e. The predicted octanol–water partition coefficient (Wildman–Crippen LogP) is 2.06. The molecule has 2 aromatic carbocycles. The Morgan fingerprint density at radius 1 is 0.909 bits per heavy atom. The van der Waals surface area contributed by atoms with Crippen LogP contribution in [0, 0.1) is 0 Å². The summed E-state index contributed by atoms with van der Waals surface area (Å²) < 4.78 is 26.5. The molecule has 0 radical (unpaired) electrons. The molecule has 0 amide bonds. The lowest BCUT2D eigenvalue weighted by Crippen LogP contribution is -2.26. The molecular formula is C15H20ClN3O2S. The van der Waals surface area contributed by atoms with Crippen molar-refractivity contribution in [2.75, 3.05) is 11.2 Å². The van der Waals surface area contributed by atoms with Gasteiger partial charge in [0.15, 0.2) is 0 Å². The van der Waals surface area contributed by atoms with Gasteiger partial charge in [-0.25, -0.2) is 13.1 Å². The Hall–Kier alpha value is -1.60. The minimum atomic E-state index is -3.28. The number of nitrogen functional groups attached to an aromatic ring is 1. The standard InChI is InChI=1S/C15H19N3O2S.ClH/c16-18-15-8-6-13(7-9-15)10-11-21(19,20)17-12-14-4-2-1-3-5-14;/h1-9,17-18H,10-12,16H2;1H. The number of sulfonamides is 1. The van der Waals surface area contributed by atoms with Gasteiger partial charge in [0.2, 0.25) is 10.0 Å². The minimum Gasteiger partial charge on any atom is -0.324 e. The van der Waals surface area contributed by atoms with Gasteiger partial charge >= 0.3 is 0 Å². The van der Waals surface area contributed by atoms with E-state index in [1.165, 1.54) is 0 Å². The first-order valence-electron chi connectivity index (χ1n) is 6.66. The normalized spacial score (nSPS) is 10.8. The third-order valence-electron chi connectivity index (χ3n) is 3.12. The minimum absolute atomic E-state index is 0. The highest BCUT2D eigenvalue weighted by atomic mass is 35.5. The van der Waals surface area contributed by atoms with E-state index in [9.17, 15) is 8.42 Å². The van der Waals surface area contributed by atoms with Gasteiger partial charge in [-0.05, 0) is 29.7 Å². The van der Waals surface area contributed by atoms with Crippen molar-refractivity contribution in [1.29, 1.82) is 0 Å². The Balaban J connectivity index is 0.00000242. The van der Waals surface area contributed by atoms with Crippen LogP contribution in [0.25, 0.3) is 0 Å². The van der Waals surface area contributed by atoms with Crippen molar-refractivity contribution < 1.29 is 8.42 Å². The number of hydrogen-bond donors (Lipinski definition) is 3. The number of benzene rings is 2. The maximum absolute atomic E-state index is 12.0. The highest BCUT2D eigenvalue weighted by molar-refractivity contribution is 7.89. The number of hydrazine groups is 1. The van der Waals surface area contributed by atoms with Crippen LogP contribution in [0.1, 0.15) is 11.1 Å².